The standard InChI is InChI=1S/C26H34N6O2/c1-18-6-5-7-21(19(18)2)31-12-14-32(15-13-31)26-24(27)25(29-17-30-26)28-11-10-20-8-9-22(33-3)23(16-20)34-4/h5-9,16-17H,10-15,27H2,1-4H3,(H,28,29,30). The van der Waals surface area contributed by atoms with Gasteiger partial charge in [-0.2, -0.15) is 0 Å². The highest BCUT2D eigenvalue weighted by Gasteiger charge is 2.22. The number of ether oxygens (including phenoxy) is 2. The van der Waals surface area contributed by atoms with Crippen molar-refractivity contribution >= 4 is 23.0 Å². The zero-order chi connectivity index (χ0) is 24.1. The molecule has 3 aromatic rings. The Morgan fingerprint density at radius 2 is 1.68 bits per heavy atom. The van der Waals surface area contributed by atoms with E-state index in [1.165, 1.54) is 16.8 Å². The molecule has 3 N–H and O–H groups in total. The third kappa shape index (κ3) is 4.95. The topological polar surface area (TPSA) is 88.8 Å². The Labute approximate surface area is 201 Å². The van der Waals surface area contributed by atoms with Crippen LogP contribution in [0.25, 0.3) is 0 Å². The fraction of sp³-hybridized carbons (Fsp3) is 0.385. The maximum atomic E-state index is 6.49. The molecule has 0 amide bonds. The second-order valence-corrected chi connectivity index (χ2v) is 8.52. The second-order valence-electron chi connectivity index (χ2n) is 8.52. The number of nitrogens with two attached hydrogens (primary N) is 1. The molecule has 1 aliphatic rings. The molecule has 0 radical (unpaired) electrons. The van der Waals surface area contributed by atoms with E-state index in [0.29, 0.717) is 18.1 Å². The SMILES string of the molecule is COc1ccc(CCNc2ncnc(N3CCN(c4cccc(C)c4C)CC3)c2N)cc1OC. The predicted octanol–water partition coefficient (Wildman–Crippen LogP) is 3.67. The number of benzene rings is 2. The summed E-state index contributed by atoms with van der Waals surface area (Å²) < 4.78 is 10.7. The first-order valence-corrected chi connectivity index (χ1v) is 11.6. The zero-order valence-electron chi connectivity index (χ0n) is 20.5. The van der Waals surface area contributed by atoms with Gasteiger partial charge in [-0.25, -0.2) is 9.97 Å². The van der Waals surface area contributed by atoms with Gasteiger partial charge >= 0.3 is 0 Å². The van der Waals surface area contributed by atoms with E-state index >= 15 is 0 Å². The summed E-state index contributed by atoms with van der Waals surface area (Å²) in [7, 11) is 3.28. The molecule has 1 aliphatic heterocycles. The fourth-order valence-electron chi connectivity index (χ4n) is 4.38. The van der Waals surface area contributed by atoms with Crippen LogP contribution in [-0.2, 0) is 6.42 Å². The molecule has 1 saturated heterocycles. The van der Waals surface area contributed by atoms with Crippen molar-refractivity contribution in [1.29, 1.82) is 0 Å². The van der Waals surface area contributed by atoms with Crippen molar-refractivity contribution in [2.45, 2.75) is 20.3 Å². The lowest BCUT2D eigenvalue weighted by Crippen LogP contribution is -2.47. The summed E-state index contributed by atoms with van der Waals surface area (Å²) in [5, 5.41) is 3.37. The number of nitrogens with one attached hydrogen (secondary N) is 1. The first-order chi connectivity index (χ1) is 16.5. The lowest BCUT2D eigenvalue weighted by Gasteiger charge is -2.38. The minimum Gasteiger partial charge on any atom is -0.493 e. The molecule has 8 heteroatoms. The van der Waals surface area contributed by atoms with Crippen LogP contribution in [0.3, 0.4) is 0 Å². The Morgan fingerprint density at radius 1 is 0.941 bits per heavy atom. The normalized spacial score (nSPS) is 13.6. The third-order valence-corrected chi connectivity index (χ3v) is 6.51. The maximum Gasteiger partial charge on any atom is 0.160 e. The summed E-state index contributed by atoms with van der Waals surface area (Å²) in [6, 6.07) is 12.4. The Balaban J connectivity index is 1.37. The average molecular weight is 463 g/mol. The van der Waals surface area contributed by atoms with Crippen molar-refractivity contribution in [2.24, 2.45) is 0 Å². The van der Waals surface area contributed by atoms with E-state index in [1.54, 1.807) is 20.5 Å². The number of hydrogen-bond acceptors (Lipinski definition) is 8. The summed E-state index contributed by atoms with van der Waals surface area (Å²) in [5.74, 6) is 2.91. The van der Waals surface area contributed by atoms with E-state index in [-0.39, 0.29) is 0 Å². The molecule has 1 aromatic heterocycles. The number of aromatic nitrogens is 2. The molecule has 1 fully saturated rings. The second kappa shape index (κ2) is 10.5. The highest BCUT2D eigenvalue weighted by atomic mass is 16.5. The maximum absolute atomic E-state index is 6.49. The zero-order valence-corrected chi connectivity index (χ0v) is 20.5. The van der Waals surface area contributed by atoms with Crippen LogP contribution in [0.5, 0.6) is 11.5 Å². The molecule has 180 valence electrons. The summed E-state index contributed by atoms with van der Waals surface area (Å²) in [6.07, 6.45) is 2.38. The molecule has 0 bridgehead atoms. The lowest BCUT2D eigenvalue weighted by atomic mass is 10.1. The van der Waals surface area contributed by atoms with E-state index in [2.05, 4.69) is 57.1 Å². The molecule has 2 aromatic carbocycles. The van der Waals surface area contributed by atoms with Crippen LogP contribution in [0.1, 0.15) is 16.7 Å². The lowest BCUT2D eigenvalue weighted by molar-refractivity contribution is 0.354. The van der Waals surface area contributed by atoms with Gasteiger partial charge in [-0.05, 0) is 55.2 Å². The van der Waals surface area contributed by atoms with Crippen molar-refractivity contribution in [3.8, 4) is 11.5 Å². The Hall–Kier alpha value is -3.68. The van der Waals surface area contributed by atoms with Crippen molar-refractivity contribution in [3.63, 3.8) is 0 Å². The Kier molecular flexibility index (Phi) is 7.25. The van der Waals surface area contributed by atoms with Gasteiger partial charge in [0.25, 0.3) is 0 Å². The van der Waals surface area contributed by atoms with Crippen molar-refractivity contribution in [1.82, 2.24) is 9.97 Å². The minimum atomic E-state index is 0.593. The van der Waals surface area contributed by atoms with Crippen LogP contribution in [0.2, 0.25) is 0 Å². The smallest absolute Gasteiger partial charge is 0.160 e. The number of anilines is 4. The highest BCUT2D eigenvalue weighted by molar-refractivity contribution is 5.75. The van der Waals surface area contributed by atoms with Crippen molar-refractivity contribution < 1.29 is 9.47 Å². The number of aryl methyl sites for hydroxylation is 1. The molecule has 8 nitrogen and oxygen atoms in total. The van der Waals surface area contributed by atoms with E-state index in [4.69, 9.17) is 15.2 Å². The van der Waals surface area contributed by atoms with Gasteiger partial charge in [0.15, 0.2) is 23.1 Å². The van der Waals surface area contributed by atoms with Gasteiger partial charge in [-0.1, -0.05) is 18.2 Å². The summed E-state index contributed by atoms with van der Waals surface area (Å²) >= 11 is 0. The average Bonchev–Trinajstić information content (AvgIpc) is 2.87. The molecule has 2 heterocycles. The van der Waals surface area contributed by atoms with E-state index in [1.807, 2.05) is 18.2 Å². The fourth-order valence-corrected chi connectivity index (χ4v) is 4.38. The summed E-state index contributed by atoms with van der Waals surface area (Å²) in [4.78, 5) is 13.6. The highest BCUT2D eigenvalue weighted by Crippen LogP contribution is 2.30. The van der Waals surface area contributed by atoms with Gasteiger partial charge in [-0.3, -0.25) is 0 Å². The summed E-state index contributed by atoms with van der Waals surface area (Å²) in [6.45, 7) is 8.62. The molecule has 4 rings (SSSR count). The monoisotopic (exact) mass is 462 g/mol. The van der Waals surface area contributed by atoms with Crippen molar-refractivity contribution in [3.05, 3.63) is 59.4 Å². The number of piperazine rings is 1. The van der Waals surface area contributed by atoms with Crippen LogP contribution in [-0.4, -0.2) is 56.9 Å². The van der Waals surface area contributed by atoms with E-state index < -0.39 is 0 Å². The largest absolute Gasteiger partial charge is 0.493 e. The van der Waals surface area contributed by atoms with Crippen LogP contribution in [0, 0.1) is 13.8 Å². The van der Waals surface area contributed by atoms with E-state index in [0.717, 1.165) is 55.5 Å². The molecule has 34 heavy (non-hydrogen) atoms. The number of nitrogen functional groups attached to an aromatic ring is 1. The van der Waals surface area contributed by atoms with Crippen LogP contribution in [0.4, 0.5) is 23.0 Å². The van der Waals surface area contributed by atoms with Gasteiger partial charge in [0, 0.05) is 38.4 Å². The van der Waals surface area contributed by atoms with Crippen LogP contribution < -0.4 is 30.3 Å². The van der Waals surface area contributed by atoms with Gasteiger partial charge in [0.05, 0.1) is 14.2 Å². The Bertz CT molecular complexity index is 1130. The first-order valence-electron chi connectivity index (χ1n) is 11.6. The number of hydrogen-bond donors (Lipinski definition) is 2. The van der Waals surface area contributed by atoms with Gasteiger partial charge in [-0.15, -0.1) is 0 Å². The van der Waals surface area contributed by atoms with Crippen LogP contribution >= 0.6 is 0 Å². The molecule has 0 spiro atoms. The Morgan fingerprint density at radius 3 is 2.41 bits per heavy atom. The van der Waals surface area contributed by atoms with Crippen LogP contribution in [0.15, 0.2) is 42.7 Å². The molecule has 0 unspecified atom stereocenters. The minimum absolute atomic E-state index is 0.593. The number of methoxy groups -OCH3 is 2. The summed E-state index contributed by atoms with van der Waals surface area (Å²) in [5.41, 5.74) is 12.2. The molecular formula is C26H34N6O2. The number of rotatable bonds is 8. The third-order valence-electron chi connectivity index (χ3n) is 6.51. The predicted molar refractivity (Wildman–Crippen MR) is 139 cm³/mol. The molecule has 0 atom stereocenters. The molecular weight excluding hydrogens is 428 g/mol. The first kappa shape index (κ1) is 23.5. The van der Waals surface area contributed by atoms with Gasteiger partial charge in [0.2, 0.25) is 0 Å². The van der Waals surface area contributed by atoms with Crippen molar-refractivity contribution in [2.75, 3.05) is 67.8 Å². The molecule has 0 saturated carbocycles. The van der Waals surface area contributed by atoms with Gasteiger partial charge < -0.3 is 30.3 Å². The van der Waals surface area contributed by atoms with Gasteiger partial charge in [0.1, 0.15) is 12.0 Å². The van der Waals surface area contributed by atoms with E-state index in [9.17, 15) is 0 Å². The quantitative estimate of drug-likeness (QED) is 0.524. The number of nitrogens with zero attached hydrogens (tertiary/aromatic N) is 4. The molecule has 0 aliphatic carbocycles.